The highest BCUT2D eigenvalue weighted by molar-refractivity contribution is 7.90. The van der Waals surface area contributed by atoms with Gasteiger partial charge in [-0.3, -0.25) is 4.79 Å². The molecule has 162 valence electrons. The van der Waals surface area contributed by atoms with Crippen LogP contribution in [0.1, 0.15) is 36.0 Å². The van der Waals surface area contributed by atoms with Crippen LogP contribution in [0.2, 0.25) is 0 Å². The van der Waals surface area contributed by atoms with Crippen LogP contribution in [-0.2, 0) is 26.8 Å². The number of likely N-dealkylation sites (tertiary alicyclic amines) is 1. The number of nitrogens with zero attached hydrogens (tertiary/aromatic N) is 1. The molecule has 2 aromatic carbocycles. The van der Waals surface area contributed by atoms with Gasteiger partial charge in [0.15, 0.2) is 9.84 Å². The van der Waals surface area contributed by atoms with E-state index in [1.54, 1.807) is 11.0 Å². The van der Waals surface area contributed by atoms with E-state index >= 15 is 0 Å². The zero-order valence-corrected chi connectivity index (χ0v) is 18.4. The molecule has 0 bridgehead atoms. The van der Waals surface area contributed by atoms with Crippen molar-refractivity contribution in [2.45, 2.75) is 38.4 Å². The third-order valence-electron chi connectivity index (χ3n) is 5.87. The van der Waals surface area contributed by atoms with E-state index in [0.717, 1.165) is 29.5 Å². The lowest BCUT2D eigenvalue weighted by molar-refractivity contribution is -0.135. The molecule has 1 N–H and O–H groups in total. The van der Waals surface area contributed by atoms with Gasteiger partial charge in [-0.2, -0.15) is 0 Å². The molecule has 0 radical (unpaired) electrons. The highest BCUT2D eigenvalue weighted by atomic mass is 32.2. The van der Waals surface area contributed by atoms with Crippen LogP contribution in [0.15, 0.2) is 54.6 Å². The number of amides is 1. The fourth-order valence-corrected chi connectivity index (χ4v) is 5.63. The van der Waals surface area contributed by atoms with E-state index in [4.69, 9.17) is 0 Å². The number of hydrogen-bond acceptors (Lipinski definition) is 4. The van der Waals surface area contributed by atoms with Crippen LogP contribution in [0.4, 0.5) is 0 Å². The quantitative estimate of drug-likeness (QED) is 0.700. The smallest absolute Gasteiger partial charge is 0.223 e. The van der Waals surface area contributed by atoms with E-state index in [2.05, 4.69) is 0 Å². The Labute approximate surface area is 179 Å². The lowest BCUT2D eigenvalue weighted by Gasteiger charge is -2.42. The van der Waals surface area contributed by atoms with E-state index in [-0.39, 0.29) is 35.9 Å². The standard InChI is InChI=1S/C24H31NO4S/c1-20-7-5-10-22(15-20)17-30(28,29)14-11-23(27)25-13-6-12-24(18-25,19-26)16-21-8-3-2-4-9-21/h2-5,7-10,15,26H,6,11-14,16-19H2,1H3. The molecule has 1 saturated heterocycles. The van der Waals surface area contributed by atoms with E-state index in [9.17, 15) is 18.3 Å². The molecule has 2 aromatic rings. The number of benzene rings is 2. The fourth-order valence-electron chi connectivity index (χ4n) is 4.31. The second-order valence-electron chi connectivity index (χ2n) is 8.57. The number of sulfone groups is 1. The lowest BCUT2D eigenvalue weighted by atomic mass is 9.75. The highest BCUT2D eigenvalue weighted by Crippen LogP contribution is 2.33. The Morgan fingerprint density at radius 3 is 2.53 bits per heavy atom. The van der Waals surface area contributed by atoms with Crippen molar-refractivity contribution >= 4 is 15.7 Å². The highest BCUT2D eigenvalue weighted by Gasteiger charge is 2.37. The first-order valence-electron chi connectivity index (χ1n) is 10.5. The predicted molar refractivity (Wildman–Crippen MR) is 119 cm³/mol. The van der Waals surface area contributed by atoms with Crippen LogP contribution in [-0.4, -0.2) is 49.8 Å². The molecular weight excluding hydrogens is 398 g/mol. The van der Waals surface area contributed by atoms with Gasteiger partial charge in [-0.1, -0.05) is 60.2 Å². The van der Waals surface area contributed by atoms with Gasteiger partial charge in [-0.15, -0.1) is 0 Å². The van der Waals surface area contributed by atoms with Gasteiger partial charge >= 0.3 is 0 Å². The molecule has 0 spiro atoms. The summed E-state index contributed by atoms with van der Waals surface area (Å²) < 4.78 is 25.0. The molecule has 0 aromatic heterocycles. The van der Waals surface area contributed by atoms with Crippen LogP contribution >= 0.6 is 0 Å². The zero-order valence-electron chi connectivity index (χ0n) is 17.6. The van der Waals surface area contributed by atoms with Gasteiger partial charge in [0.2, 0.25) is 5.91 Å². The molecule has 3 rings (SSSR count). The Balaban J connectivity index is 1.59. The van der Waals surface area contributed by atoms with Gasteiger partial charge in [-0.25, -0.2) is 8.42 Å². The van der Waals surface area contributed by atoms with Crippen molar-refractivity contribution in [2.24, 2.45) is 5.41 Å². The van der Waals surface area contributed by atoms with Crippen molar-refractivity contribution in [1.29, 1.82) is 0 Å². The van der Waals surface area contributed by atoms with Gasteiger partial charge in [-0.05, 0) is 37.3 Å². The summed E-state index contributed by atoms with van der Waals surface area (Å²) in [7, 11) is -3.36. The summed E-state index contributed by atoms with van der Waals surface area (Å²) in [6.07, 6.45) is 2.36. The summed E-state index contributed by atoms with van der Waals surface area (Å²) in [5.41, 5.74) is 2.55. The van der Waals surface area contributed by atoms with E-state index in [1.807, 2.05) is 55.5 Å². The molecule has 1 amide bonds. The third kappa shape index (κ3) is 6.16. The number of aliphatic hydroxyl groups excluding tert-OH is 1. The summed E-state index contributed by atoms with van der Waals surface area (Å²) in [5.74, 6) is -0.342. The first kappa shape index (κ1) is 22.5. The van der Waals surface area contributed by atoms with Gasteiger partial charge in [0, 0.05) is 24.9 Å². The first-order chi connectivity index (χ1) is 14.3. The third-order valence-corrected chi connectivity index (χ3v) is 7.47. The summed E-state index contributed by atoms with van der Waals surface area (Å²) >= 11 is 0. The average molecular weight is 430 g/mol. The van der Waals surface area contributed by atoms with Crippen molar-refractivity contribution in [3.8, 4) is 0 Å². The van der Waals surface area contributed by atoms with Gasteiger partial charge < -0.3 is 10.0 Å². The van der Waals surface area contributed by atoms with Crippen molar-refractivity contribution in [3.05, 3.63) is 71.3 Å². The summed E-state index contributed by atoms with van der Waals surface area (Å²) in [6.45, 7) is 3.03. The molecular formula is C24H31NO4S. The maximum atomic E-state index is 12.8. The van der Waals surface area contributed by atoms with Crippen LogP contribution in [0.5, 0.6) is 0 Å². The SMILES string of the molecule is Cc1cccc(CS(=O)(=O)CCC(=O)N2CCCC(CO)(Cc3ccccc3)C2)c1. The fraction of sp³-hybridized carbons (Fsp3) is 0.458. The average Bonchev–Trinajstić information content (AvgIpc) is 2.72. The largest absolute Gasteiger partial charge is 0.396 e. The predicted octanol–water partition coefficient (Wildman–Crippen LogP) is 3.14. The van der Waals surface area contributed by atoms with E-state index < -0.39 is 9.84 Å². The van der Waals surface area contributed by atoms with Crippen LogP contribution in [0.25, 0.3) is 0 Å². The Bertz CT molecular complexity index is 958. The number of carbonyl (C=O) groups excluding carboxylic acids is 1. The van der Waals surface area contributed by atoms with Crippen molar-refractivity contribution in [2.75, 3.05) is 25.4 Å². The maximum absolute atomic E-state index is 12.8. The van der Waals surface area contributed by atoms with Crippen LogP contribution < -0.4 is 0 Å². The molecule has 1 atom stereocenters. The molecule has 1 aliphatic heterocycles. The molecule has 6 heteroatoms. The molecule has 1 unspecified atom stereocenters. The van der Waals surface area contributed by atoms with Gasteiger partial charge in [0.25, 0.3) is 0 Å². The normalized spacial score (nSPS) is 19.6. The molecule has 1 aliphatic rings. The molecule has 0 aliphatic carbocycles. The summed E-state index contributed by atoms with van der Waals surface area (Å²) in [4.78, 5) is 14.5. The van der Waals surface area contributed by atoms with Gasteiger partial charge in [0.1, 0.15) is 0 Å². The number of aryl methyl sites for hydroxylation is 1. The Morgan fingerprint density at radius 2 is 1.83 bits per heavy atom. The van der Waals surface area contributed by atoms with Crippen LogP contribution in [0, 0.1) is 12.3 Å². The minimum absolute atomic E-state index is 0.0112. The van der Waals surface area contributed by atoms with Crippen LogP contribution in [0.3, 0.4) is 0 Å². The summed E-state index contributed by atoms with van der Waals surface area (Å²) in [5, 5.41) is 10.1. The number of piperidine rings is 1. The second-order valence-corrected chi connectivity index (χ2v) is 10.8. The lowest BCUT2D eigenvalue weighted by Crippen LogP contribution is -2.49. The van der Waals surface area contributed by atoms with E-state index in [1.165, 1.54) is 0 Å². The topological polar surface area (TPSA) is 74.7 Å². The summed E-state index contributed by atoms with van der Waals surface area (Å²) in [6, 6.07) is 17.4. The Morgan fingerprint density at radius 1 is 1.10 bits per heavy atom. The molecule has 1 fully saturated rings. The molecule has 0 saturated carbocycles. The molecule has 1 heterocycles. The maximum Gasteiger partial charge on any atom is 0.223 e. The number of hydrogen-bond donors (Lipinski definition) is 1. The second kappa shape index (κ2) is 9.75. The molecule has 30 heavy (non-hydrogen) atoms. The van der Waals surface area contributed by atoms with E-state index in [0.29, 0.717) is 19.5 Å². The number of aliphatic hydroxyl groups is 1. The van der Waals surface area contributed by atoms with Gasteiger partial charge in [0.05, 0.1) is 18.1 Å². The minimum atomic E-state index is -3.36. The Hall–Kier alpha value is -2.18. The molecule has 5 nitrogen and oxygen atoms in total. The van der Waals surface area contributed by atoms with Crippen molar-refractivity contribution < 1.29 is 18.3 Å². The van der Waals surface area contributed by atoms with Crippen molar-refractivity contribution in [1.82, 2.24) is 4.90 Å². The van der Waals surface area contributed by atoms with Crippen molar-refractivity contribution in [3.63, 3.8) is 0 Å². The Kier molecular flexibility index (Phi) is 7.32. The zero-order chi connectivity index (χ0) is 21.6. The minimum Gasteiger partial charge on any atom is -0.396 e. The number of rotatable bonds is 8. The number of carbonyl (C=O) groups is 1. The monoisotopic (exact) mass is 429 g/mol. The first-order valence-corrected chi connectivity index (χ1v) is 12.3.